The summed E-state index contributed by atoms with van der Waals surface area (Å²) in [6.07, 6.45) is 5.91. The minimum absolute atomic E-state index is 0.101. The summed E-state index contributed by atoms with van der Waals surface area (Å²) < 4.78 is 1.86. The van der Waals surface area contributed by atoms with Gasteiger partial charge in [-0.05, 0) is 62.4 Å². The maximum atomic E-state index is 12.6. The van der Waals surface area contributed by atoms with E-state index in [1.165, 1.54) is 11.1 Å². The summed E-state index contributed by atoms with van der Waals surface area (Å²) in [6.45, 7) is 14.4. The van der Waals surface area contributed by atoms with Gasteiger partial charge in [0.05, 0.1) is 5.52 Å². The van der Waals surface area contributed by atoms with Crippen molar-refractivity contribution < 1.29 is 0 Å². The Bertz CT molecular complexity index is 794. The largest absolute Gasteiger partial charge is 0.280 e. The molecule has 0 N–H and O–H groups in total. The zero-order valence-corrected chi connectivity index (χ0v) is 13.1. The van der Waals surface area contributed by atoms with Gasteiger partial charge in [-0.15, -0.1) is 0 Å². The standard InChI is InChI=1S/C18H23NO/c1-7-9-10-16-13(5)17-15(8-2)11(3)12(4)18(20)19(17)14(16)6/h7,9H,5,8,10H2,1-4,6H3/b9-7+. The molecule has 0 spiro atoms. The molecule has 0 unspecified atom stereocenters. The molecular formula is C18H23NO. The third-order valence-electron chi connectivity index (χ3n) is 4.38. The maximum absolute atomic E-state index is 12.6. The molecule has 2 heterocycles. The van der Waals surface area contributed by atoms with E-state index in [4.69, 9.17) is 0 Å². The Hall–Kier alpha value is -1.83. The predicted molar refractivity (Wildman–Crippen MR) is 86.5 cm³/mol. The predicted octanol–water partition coefficient (Wildman–Crippen LogP) is 3.03. The third-order valence-corrected chi connectivity index (χ3v) is 4.38. The first-order chi connectivity index (χ1) is 9.45. The molecule has 0 amide bonds. The lowest BCUT2D eigenvalue weighted by Crippen LogP contribution is -2.21. The van der Waals surface area contributed by atoms with E-state index in [2.05, 4.69) is 19.6 Å². The van der Waals surface area contributed by atoms with Crippen LogP contribution in [0.5, 0.6) is 0 Å². The lowest BCUT2D eigenvalue weighted by molar-refractivity contribution is 0.972. The normalized spacial score (nSPS) is 11.8. The van der Waals surface area contributed by atoms with E-state index in [1.54, 1.807) is 0 Å². The minimum Gasteiger partial charge on any atom is -0.280 e. The Morgan fingerprint density at radius 2 is 1.80 bits per heavy atom. The molecule has 0 aliphatic carbocycles. The number of aryl methyl sites for hydroxylation is 2. The molecule has 2 aromatic rings. The van der Waals surface area contributed by atoms with Crippen LogP contribution < -0.4 is 10.8 Å². The van der Waals surface area contributed by atoms with Crippen LogP contribution >= 0.6 is 0 Å². The summed E-state index contributed by atoms with van der Waals surface area (Å²) in [4.78, 5) is 12.6. The van der Waals surface area contributed by atoms with Gasteiger partial charge >= 0.3 is 0 Å². The van der Waals surface area contributed by atoms with Crippen LogP contribution in [0.2, 0.25) is 0 Å². The van der Waals surface area contributed by atoms with Gasteiger partial charge in [-0.1, -0.05) is 25.7 Å². The van der Waals surface area contributed by atoms with E-state index in [0.29, 0.717) is 0 Å². The Labute approximate surface area is 120 Å². The van der Waals surface area contributed by atoms with E-state index >= 15 is 0 Å². The van der Waals surface area contributed by atoms with Gasteiger partial charge in [0.1, 0.15) is 0 Å². The smallest absolute Gasteiger partial charge is 0.258 e. The monoisotopic (exact) mass is 269 g/mol. The van der Waals surface area contributed by atoms with E-state index in [-0.39, 0.29) is 5.56 Å². The number of fused-ring (bicyclic) bond motifs is 1. The van der Waals surface area contributed by atoms with Crippen molar-refractivity contribution in [1.29, 1.82) is 0 Å². The molecule has 2 heteroatoms. The van der Waals surface area contributed by atoms with Gasteiger partial charge in [0, 0.05) is 11.3 Å². The zero-order valence-electron chi connectivity index (χ0n) is 13.1. The van der Waals surface area contributed by atoms with Crippen molar-refractivity contribution in [2.45, 2.75) is 47.5 Å². The second-order valence-electron chi connectivity index (χ2n) is 5.39. The number of nitrogens with zero attached hydrogens (tertiary/aromatic N) is 1. The molecule has 2 nitrogen and oxygen atoms in total. The van der Waals surface area contributed by atoms with Crippen molar-refractivity contribution in [2.24, 2.45) is 0 Å². The number of aromatic nitrogens is 1. The quantitative estimate of drug-likeness (QED) is 0.785. The third kappa shape index (κ3) is 1.91. The van der Waals surface area contributed by atoms with E-state index in [1.807, 2.05) is 38.2 Å². The molecule has 2 rings (SSSR count). The average molecular weight is 269 g/mol. The summed E-state index contributed by atoms with van der Waals surface area (Å²) in [7, 11) is 0. The van der Waals surface area contributed by atoms with Crippen molar-refractivity contribution in [3.05, 3.63) is 55.7 Å². The summed E-state index contributed by atoms with van der Waals surface area (Å²) in [5, 5.41) is 1.01. The fourth-order valence-electron chi connectivity index (χ4n) is 3.04. The fourth-order valence-corrected chi connectivity index (χ4v) is 3.04. The zero-order chi connectivity index (χ0) is 15.0. The number of pyridine rings is 1. The molecule has 0 aliphatic rings. The van der Waals surface area contributed by atoms with Gasteiger partial charge in [-0.3, -0.25) is 9.20 Å². The highest BCUT2D eigenvalue weighted by Gasteiger charge is 2.17. The molecule has 0 bridgehead atoms. The summed E-state index contributed by atoms with van der Waals surface area (Å²) in [6, 6.07) is 0. The average Bonchev–Trinajstić information content (AvgIpc) is 2.67. The Morgan fingerprint density at radius 3 is 2.35 bits per heavy atom. The summed E-state index contributed by atoms with van der Waals surface area (Å²) in [5.74, 6) is 0. The van der Waals surface area contributed by atoms with Crippen molar-refractivity contribution in [3.63, 3.8) is 0 Å². The van der Waals surface area contributed by atoms with Gasteiger partial charge < -0.3 is 0 Å². The van der Waals surface area contributed by atoms with Crippen LogP contribution in [0.4, 0.5) is 0 Å². The number of rotatable bonds is 3. The molecule has 0 fully saturated rings. The molecule has 0 aromatic carbocycles. The molecule has 2 aromatic heterocycles. The first-order valence-corrected chi connectivity index (χ1v) is 7.21. The molecular weight excluding hydrogens is 246 g/mol. The lowest BCUT2D eigenvalue weighted by atomic mass is 10.0. The van der Waals surface area contributed by atoms with Crippen LogP contribution in [0.3, 0.4) is 0 Å². The van der Waals surface area contributed by atoms with Gasteiger partial charge in [-0.2, -0.15) is 0 Å². The van der Waals surface area contributed by atoms with Crippen LogP contribution in [-0.4, -0.2) is 4.40 Å². The first-order valence-electron chi connectivity index (χ1n) is 7.21. The van der Waals surface area contributed by atoms with Crippen LogP contribution in [0.1, 0.15) is 41.8 Å². The highest BCUT2D eigenvalue weighted by Crippen LogP contribution is 2.19. The number of hydrogen-bond acceptors (Lipinski definition) is 1. The number of allylic oxidation sites excluding steroid dienone is 2. The molecule has 0 aliphatic heterocycles. The van der Waals surface area contributed by atoms with Crippen LogP contribution in [0.25, 0.3) is 12.1 Å². The molecule has 0 radical (unpaired) electrons. The Balaban J connectivity index is 3.02. The summed E-state index contributed by atoms with van der Waals surface area (Å²) in [5.41, 5.74) is 6.56. The molecule has 0 saturated heterocycles. The van der Waals surface area contributed by atoms with Crippen LogP contribution in [0.15, 0.2) is 16.9 Å². The second kappa shape index (κ2) is 5.28. The maximum Gasteiger partial charge on any atom is 0.258 e. The fraction of sp³-hybridized carbons (Fsp3) is 0.389. The second-order valence-corrected chi connectivity index (χ2v) is 5.39. The van der Waals surface area contributed by atoms with Gasteiger partial charge in [0.15, 0.2) is 0 Å². The summed E-state index contributed by atoms with van der Waals surface area (Å²) >= 11 is 0. The minimum atomic E-state index is 0.101. The van der Waals surface area contributed by atoms with Gasteiger partial charge in [-0.25, -0.2) is 0 Å². The van der Waals surface area contributed by atoms with E-state index < -0.39 is 0 Å². The van der Waals surface area contributed by atoms with Crippen LogP contribution in [0, 0.1) is 20.8 Å². The molecule has 0 saturated carbocycles. The van der Waals surface area contributed by atoms with Crippen molar-refractivity contribution in [3.8, 4) is 0 Å². The van der Waals surface area contributed by atoms with Gasteiger partial charge in [0.2, 0.25) is 0 Å². The number of hydrogen-bond donors (Lipinski definition) is 0. The highest BCUT2D eigenvalue weighted by atomic mass is 16.1. The topological polar surface area (TPSA) is 21.5 Å². The highest BCUT2D eigenvalue weighted by molar-refractivity contribution is 5.65. The van der Waals surface area contributed by atoms with E-state index in [0.717, 1.165) is 40.4 Å². The molecule has 106 valence electrons. The van der Waals surface area contributed by atoms with Crippen molar-refractivity contribution >= 4 is 12.1 Å². The van der Waals surface area contributed by atoms with Gasteiger partial charge in [0.25, 0.3) is 5.56 Å². The van der Waals surface area contributed by atoms with Crippen molar-refractivity contribution in [2.75, 3.05) is 0 Å². The molecule has 0 atom stereocenters. The Kier molecular flexibility index (Phi) is 3.85. The molecule has 20 heavy (non-hydrogen) atoms. The SMILES string of the molecule is C=c1c(C/C=C/C)c(C)n2c(=O)c(C)c(C)c(CC)c12. The first kappa shape index (κ1) is 14.6. The Morgan fingerprint density at radius 1 is 1.15 bits per heavy atom. The van der Waals surface area contributed by atoms with E-state index in [9.17, 15) is 4.79 Å². The van der Waals surface area contributed by atoms with Crippen LogP contribution in [-0.2, 0) is 12.8 Å². The van der Waals surface area contributed by atoms with Crippen molar-refractivity contribution in [1.82, 2.24) is 4.40 Å². The lowest BCUT2D eigenvalue weighted by Gasteiger charge is -2.10.